The summed E-state index contributed by atoms with van der Waals surface area (Å²) in [5, 5.41) is 14.5. The molecule has 1 aliphatic heterocycles. The van der Waals surface area contributed by atoms with E-state index in [1.165, 1.54) is 0 Å². The lowest BCUT2D eigenvalue weighted by Crippen LogP contribution is -2.50. The maximum Gasteiger partial charge on any atom is 0.326 e. The molecule has 1 aliphatic rings. The molecule has 0 aromatic heterocycles. The van der Waals surface area contributed by atoms with Crippen molar-refractivity contribution in [1.82, 2.24) is 15.5 Å². The van der Waals surface area contributed by atoms with Gasteiger partial charge in [0.2, 0.25) is 0 Å². The molecule has 122 valence electrons. The van der Waals surface area contributed by atoms with E-state index in [2.05, 4.69) is 29.5 Å². The van der Waals surface area contributed by atoms with E-state index in [-0.39, 0.29) is 11.4 Å². The number of unbranched alkanes of at least 4 members (excludes halogenated alkanes) is 1. The number of likely N-dealkylation sites (tertiary alicyclic amines) is 1. The fourth-order valence-electron chi connectivity index (χ4n) is 2.50. The first-order chi connectivity index (χ1) is 9.86. The van der Waals surface area contributed by atoms with Crippen LogP contribution in [-0.2, 0) is 4.79 Å². The highest BCUT2D eigenvalue weighted by Crippen LogP contribution is 2.29. The van der Waals surface area contributed by atoms with E-state index in [4.69, 9.17) is 5.11 Å². The van der Waals surface area contributed by atoms with Crippen molar-refractivity contribution in [3.8, 4) is 0 Å². The number of carboxylic acid groups (broad SMARTS) is 1. The van der Waals surface area contributed by atoms with Gasteiger partial charge in [0.25, 0.3) is 0 Å². The molecular formula is C15H29N3O3. The third-order valence-electron chi connectivity index (χ3n) is 4.32. The van der Waals surface area contributed by atoms with Gasteiger partial charge in [-0.15, -0.1) is 0 Å². The van der Waals surface area contributed by atoms with Crippen LogP contribution in [-0.4, -0.2) is 54.7 Å². The highest BCUT2D eigenvalue weighted by molar-refractivity contribution is 5.82. The number of rotatable bonds is 7. The second-order valence-electron chi connectivity index (χ2n) is 6.47. The molecule has 1 heterocycles. The molecule has 2 amide bonds. The van der Waals surface area contributed by atoms with Gasteiger partial charge in [-0.3, -0.25) is 0 Å². The van der Waals surface area contributed by atoms with Crippen LogP contribution in [0.4, 0.5) is 4.79 Å². The van der Waals surface area contributed by atoms with Gasteiger partial charge in [0, 0.05) is 6.54 Å². The molecule has 0 spiro atoms. The van der Waals surface area contributed by atoms with Crippen molar-refractivity contribution in [2.45, 2.75) is 52.0 Å². The zero-order chi connectivity index (χ0) is 15.9. The van der Waals surface area contributed by atoms with E-state index < -0.39 is 12.0 Å². The van der Waals surface area contributed by atoms with E-state index in [1.807, 2.05) is 6.92 Å². The Kier molecular flexibility index (Phi) is 6.95. The Balaban J connectivity index is 2.36. The molecule has 0 saturated carbocycles. The molecule has 1 fully saturated rings. The molecule has 1 saturated heterocycles. The van der Waals surface area contributed by atoms with Crippen LogP contribution in [0.1, 0.15) is 46.0 Å². The molecule has 1 unspecified atom stereocenters. The van der Waals surface area contributed by atoms with Crippen molar-refractivity contribution < 1.29 is 14.7 Å². The predicted octanol–water partition coefficient (Wildman–Crippen LogP) is 1.66. The van der Waals surface area contributed by atoms with Gasteiger partial charge in [0.1, 0.15) is 6.04 Å². The molecule has 21 heavy (non-hydrogen) atoms. The standard InChI is InChI=1S/C15H29N3O3/c1-4-5-6-12(13(19)20)17-14(21)16-11-15(2)7-9-18(3)10-8-15/h12H,4-11H2,1-3H3,(H,19,20)(H2,16,17,21). The minimum Gasteiger partial charge on any atom is -0.480 e. The lowest BCUT2D eigenvalue weighted by molar-refractivity contribution is -0.139. The van der Waals surface area contributed by atoms with Crippen LogP contribution >= 0.6 is 0 Å². The second kappa shape index (κ2) is 8.22. The minimum absolute atomic E-state index is 0.103. The summed E-state index contributed by atoms with van der Waals surface area (Å²) in [5.41, 5.74) is 0.103. The van der Waals surface area contributed by atoms with E-state index in [1.54, 1.807) is 0 Å². The van der Waals surface area contributed by atoms with Gasteiger partial charge in [-0.25, -0.2) is 9.59 Å². The summed E-state index contributed by atoms with van der Waals surface area (Å²) in [4.78, 5) is 25.3. The summed E-state index contributed by atoms with van der Waals surface area (Å²) in [5.74, 6) is -0.968. The number of piperidine rings is 1. The summed E-state index contributed by atoms with van der Waals surface area (Å²) in [7, 11) is 2.10. The Hall–Kier alpha value is -1.30. The number of hydrogen-bond donors (Lipinski definition) is 3. The molecule has 1 rings (SSSR count). The average molecular weight is 299 g/mol. The van der Waals surface area contributed by atoms with Crippen LogP contribution in [0, 0.1) is 5.41 Å². The Bertz CT molecular complexity index is 352. The Labute approximate surface area is 127 Å². The first-order valence-corrected chi connectivity index (χ1v) is 7.82. The van der Waals surface area contributed by atoms with Gasteiger partial charge in [-0.2, -0.15) is 0 Å². The van der Waals surface area contributed by atoms with Crippen molar-refractivity contribution in [3.05, 3.63) is 0 Å². The normalized spacial score (nSPS) is 19.8. The van der Waals surface area contributed by atoms with Crippen molar-refractivity contribution in [3.63, 3.8) is 0 Å². The molecule has 0 aliphatic carbocycles. The van der Waals surface area contributed by atoms with Crippen LogP contribution in [0.15, 0.2) is 0 Å². The van der Waals surface area contributed by atoms with Gasteiger partial charge >= 0.3 is 12.0 Å². The summed E-state index contributed by atoms with van der Waals surface area (Å²) in [6.07, 6.45) is 4.27. The second-order valence-corrected chi connectivity index (χ2v) is 6.47. The molecule has 0 radical (unpaired) electrons. The first kappa shape index (κ1) is 17.8. The number of amides is 2. The van der Waals surface area contributed by atoms with Crippen LogP contribution in [0.25, 0.3) is 0 Å². The fourth-order valence-corrected chi connectivity index (χ4v) is 2.50. The number of urea groups is 1. The Morgan fingerprint density at radius 3 is 2.48 bits per heavy atom. The van der Waals surface area contributed by atoms with Crippen LogP contribution in [0.5, 0.6) is 0 Å². The summed E-state index contributed by atoms with van der Waals surface area (Å²) < 4.78 is 0. The van der Waals surface area contributed by atoms with Crippen molar-refractivity contribution >= 4 is 12.0 Å². The number of hydrogen-bond acceptors (Lipinski definition) is 3. The molecule has 6 nitrogen and oxygen atoms in total. The number of nitrogens with zero attached hydrogens (tertiary/aromatic N) is 1. The van der Waals surface area contributed by atoms with Crippen LogP contribution in [0.3, 0.4) is 0 Å². The topological polar surface area (TPSA) is 81.7 Å². The number of aliphatic carboxylic acids is 1. The highest BCUT2D eigenvalue weighted by atomic mass is 16.4. The van der Waals surface area contributed by atoms with Crippen LogP contribution < -0.4 is 10.6 Å². The van der Waals surface area contributed by atoms with Gasteiger partial charge in [0.15, 0.2) is 0 Å². The van der Waals surface area contributed by atoms with Gasteiger partial charge in [-0.1, -0.05) is 26.7 Å². The van der Waals surface area contributed by atoms with E-state index in [0.29, 0.717) is 13.0 Å². The molecule has 0 aromatic carbocycles. The predicted molar refractivity (Wildman–Crippen MR) is 82.3 cm³/mol. The third-order valence-corrected chi connectivity index (χ3v) is 4.32. The van der Waals surface area contributed by atoms with E-state index >= 15 is 0 Å². The van der Waals surface area contributed by atoms with Crippen molar-refractivity contribution in [2.75, 3.05) is 26.7 Å². The fraction of sp³-hybridized carbons (Fsp3) is 0.867. The quantitative estimate of drug-likeness (QED) is 0.668. The number of nitrogens with one attached hydrogen (secondary N) is 2. The Morgan fingerprint density at radius 2 is 1.95 bits per heavy atom. The summed E-state index contributed by atoms with van der Waals surface area (Å²) in [6, 6.07) is -1.17. The van der Waals surface area contributed by atoms with Gasteiger partial charge in [-0.05, 0) is 44.8 Å². The van der Waals surface area contributed by atoms with Crippen molar-refractivity contribution in [1.29, 1.82) is 0 Å². The van der Waals surface area contributed by atoms with Crippen molar-refractivity contribution in [2.24, 2.45) is 5.41 Å². The SMILES string of the molecule is CCCCC(NC(=O)NCC1(C)CCN(C)CC1)C(=O)O. The number of carboxylic acids is 1. The van der Waals surface area contributed by atoms with E-state index in [0.717, 1.165) is 38.8 Å². The minimum atomic E-state index is -0.968. The maximum atomic E-state index is 11.9. The lowest BCUT2D eigenvalue weighted by atomic mass is 9.80. The zero-order valence-electron chi connectivity index (χ0n) is 13.4. The van der Waals surface area contributed by atoms with Gasteiger partial charge < -0.3 is 20.6 Å². The third kappa shape index (κ3) is 6.33. The number of carbonyl (C=O) groups is 2. The van der Waals surface area contributed by atoms with Crippen LogP contribution in [0.2, 0.25) is 0 Å². The lowest BCUT2D eigenvalue weighted by Gasteiger charge is -2.38. The molecule has 0 bridgehead atoms. The molecule has 6 heteroatoms. The molecular weight excluding hydrogens is 270 g/mol. The monoisotopic (exact) mass is 299 g/mol. The maximum absolute atomic E-state index is 11.9. The summed E-state index contributed by atoms with van der Waals surface area (Å²) in [6.45, 7) is 6.83. The van der Waals surface area contributed by atoms with Gasteiger partial charge in [0.05, 0.1) is 0 Å². The smallest absolute Gasteiger partial charge is 0.326 e. The zero-order valence-corrected chi connectivity index (χ0v) is 13.4. The number of carbonyl (C=O) groups excluding carboxylic acids is 1. The largest absolute Gasteiger partial charge is 0.480 e. The van der Waals surface area contributed by atoms with E-state index in [9.17, 15) is 9.59 Å². The molecule has 1 atom stereocenters. The average Bonchev–Trinajstić information content (AvgIpc) is 2.44. The Morgan fingerprint density at radius 1 is 1.33 bits per heavy atom. The molecule has 0 aromatic rings. The highest BCUT2D eigenvalue weighted by Gasteiger charge is 2.29. The molecule has 3 N–H and O–H groups in total. The first-order valence-electron chi connectivity index (χ1n) is 7.82. The summed E-state index contributed by atoms with van der Waals surface area (Å²) >= 11 is 0.